The second-order valence-corrected chi connectivity index (χ2v) is 8.50. The summed E-state index contributed by atoms with van der Waals surface area (Å²) >= 11 is 0. The van der Waals surface area contributed by atoms with Crippen LogP contribution in [0.3, 0.4) is 0 Å². The SMILES string of the molecule is COCCN(C)C(=O)c1cncc(N2C(=O)C(C)(C)c3ccc(-c4cnc(C)nc4)cc32)n1. The van der Waals surface area contributed by atoms with E-state index in [1.807, 2.05) is 39.0 Å². The number of ether oxygens (including phenoxy) is 1. The molecule has 1 aliphatic rings. The first kappa shape index (κ1) is 22.5. The van der Waals surface area contributed by atoms with E-state index in [0.717, 1.165) is 16.7 Å². The van der Waals surface area contributed by atoms with Crippen molar-refractivity contribution in [2.24, 2.45) is 0 Å². The Morgan fingerprint density at radius 2 is 1.85 bits per heavy atom. The van der Waals surface area contributed by atoms with Crippen LogP contribution in [0.2, 0.25) is 0 Å². The van der Waals surface area contributed by atoms with Gasteiger partial charge in [-0.2, -0.15) is 0 Å². The van der Waals surface area contributed by atoms with E-state index in [4.69, 9.17) is 4.74 Å². The molecular formula is C24H26N6O3. The minimum Gasteiger partial charge on any atom is -0.383 e. The number of likely N-dealkylation sites (N-methyl/N-ethyl adjacent to an activating group) is 1. The van der Waals surface area contributed by atoms with Gasteiger partial charge >= 0.3 is 0 Å². The second-order valence-electron chi connectivity index (χ2n) is 8.50. The van der Waals surface area contributed by atoms with Crippen molar-refractivity contribution >= 4 is 23.3 Å². The average molecular weight is 447 g/mol. The van der Waals surface area contributed by atoms with E-state index in [1.165, 1.54) is 22.2 Å². The molecule has 0 fully saturated rings. The van der Waals surface area contributed by atoms with Gasteiger partial charge in [0.05, 0.1) is 30.1 Å². The molecule has 0 atom stereocenters. The molecule has 0 spiro atoms. The number of rotatable bonds is 6. The summed E-state index contributed by atoms with van der Waals surface area (Å²) in [4.78, 5) is 46.5. The van der Waals surface area contributed by atoms with Crippen molar-refractivity contribution in [2.75, 3.05) is 32.2 Å². The molecule has 9 nitrogen and oxygen atoms in total. The number of fused-ring (bicyclic) bond motifs is 1. The lowest BCUT2D eigenvalue weighted by Gasteiger charge is -2.20. The number of carbonyl (C=O) groups is 2. The largest absolute Gasteiger partial charge is 0.383 e. The maximum Gasteiger partial charge on any atom is 0.273 e. The number of nitrogens with zero attached hydrogens (tertiary/aromatic N) is 6. The first-order valence-electron chi connectivity index (χ1n) is 10.6. The molecule has 170 valence electrons. The minimum absolute atomic E-state index is 0.138. The number of benzene rings is 1. The van der Waals surface area contributed by atoms with Gasteiger partial charge < -0.3 is 9.64 Å². The molecule has 33 heavy (non-hydrogen) atoms. The highest BCUT2D eigenvalue weighted by Crippen LogP contribution is 2.46. The third-order valence-corrected chi connectivity index (χ3v) is 5.81. The number of methoxy groups -OCH3 is 1. The normalized spacial score (nSPS) is 14.3. The molecule has 0 saturated heterocycles. The van der Waals surface area contributed by atoms with Crippen LogP contribution >= 0.6 is 0 Å². The number of aryl methyl sites for hydroxylation is 1. The fourth-order valence-corrected chi connectivity index (χ4v) is 3.79. The molecule has 3 heterocycles. The van der Waals surface area contributed by atoms with Crippen LogP contribution < -0.4 is 4.90 Å². The summed E-state index contributed by atoms with van der Waals surface area (Å²) in [5.74, 6) is 0.555. The van der Waals surface area contributed by atoms with E-state index >= 15 is 0 Å². The standard InChI is InChI=1S/C24H26N6O3/c1-15-26-11-17(12-27-15)16-6-7-18-20(10-16)30(23(32)24(18,2)3)21-14-25-13-19(28-21)22(31)29(4)8-9-33-5/h6-7,10-14H,8-9H2,1-5H3. The van der Waals surface area contributed by atoms with E-state index < -0.39 is 5.41 Å². The van der Waals surface area contributed by atoms with Crippen molar-refractivity contribution in [3.63, 3.8) is 0 Å². The highest BCUT2D eigenvalue weighted by molar-refractivity contribution is 6.12. The number of hydrogen-bond acceptors (Lipinski definition) is 7. The summed E-state index contributed by atoms with van der Waals surface area (Å²) in [6.45, 7) is 6.41. The molecule has 2 aromatic heterocycles. The third kappa shape index (κ3) is 4.07. The molecule has 1 aromatic carbocycles. The zero-order chi connectivity index (χ0) is 23.8. The van der Waals surface area contributed by atoms with Gasteiger partial charge in [-0.15, -0.1) is 0 Å². The van der Waals surface area contributed by atoms with Crippen molar-refractivity contribution < 1.29 is 14.3 Å². The van der Waals surface area contributed by atoms with E-state index in [9.17, 15) is 9.59 Å². The third-order valence-electron chi connectivity index (χ3n) is 5.81. The lowest BCUT2D eigenvalue weighted by Crippen LogP contribution is -2.34. The van der Waals surface area contributed by atoms with Gasteiger partial charge in [0.1, 0.15) is 11.5 Å². The molecule has 0 radical (unpaired) electrons. The second kappa shape index (κ2) is 8.67. The Balaban J connectivity index is 1.75. The average Bonchev–Trinajstić information content (AvgIpc) is 3.02. The van der Waals surface area contributed by atoms with Crippen LogP contribution in [0, 0.1) is 6.92 Å². The van der Waals surface area contributed by atoms with Crippen molar-refractivity contribution in [3.8, 4) is 11.1 Å². The first-order valence-corrected chi connectivity index (χ1v) is 10.6. The van der Waals surface area contributed by atoms with Crippen LogP contribution in [0.4, 0.5) is 11.5 Å². The Morgan fingerprint density at radius 1 is 1.12 bits per heavy atom. The zero-order valence-corrected chi connectivity index (χ0v) is 19.4. The lowest BCUT2D eigenvalue weighted by molar-refractivity contribution is -0.121. The smallest absolute Gasteiger partial charge is 0.273 e. The lowest BCUT2D eigenvalue weighted by atomic mass is 9.85. The Labute approximate surface area is 192 Å². The Kier molecular flexibility index (Phi) is 5.90. The summed E-state index contributed by atoms with van der Waals surface area (Å²) in [7, 11) is 3.25. The quantitative estimate of drug-likeness (QED) is 0.574. The monoisotopic (exact) mass is 446 g/mol. The zero-order valence-electron chi connectivity index (χ0n) is 19.4. The molecule has 0 saturated carbocycles. The van der Waals surface area contributed by atoms with E-state index in [2.05, 4.69) is 19.9 Å². The predicted molar refractivity (Wildman–Crippen MR) is 123 cm³/mol. The number of carbonyl (C=O) groups excluding carboxylic acids is 2. The van der Waals surface area contributed by atoms with E-state index in [1.54, 1.807) is 26.6 Å². The van der Waals surface area contributed by atoms with Crippen molar-refractivity contribution in [3.05, 3.63) is 60.1 Å². The number of aromatic nitrogens is 4. The maximum atomic E-state index is 13.5. The van der Waals surface area contributed by atoms with Crippen LogP contribution in [0.25, 0.3) is 11.1 Å². The van der Waals surface area contributed by atoms with Crippen LogP contribution in [-0.2, 0) is 14.9 Å². The van der Waals surface area contributed by atoms with Gasteiger partial charge in [-0.3, -0.25) is 19.5 Å². The minimum atomic E-state index is -0.755. The van der Waals surface area contributed by atoms with Gasteiger partial charge in [0.15, 0.2) is 5.82 Å². The van der Waals surface area contributed by atoms with Crippen LogP contribution in [0.5, 0.6) is 0 Å². The highest BCUT2D eigenvalue weighted by atomic mass is 16.5. The van der Waals surface area contributed by atoms with Crippen molar-refractivity contribution in [2.45, 2.75) is 26.2 Å². The van der Waals surface area contributed by atoms with Gasteiger partial charge in [0.25, 0.3) is 5.91 Å². The topological polar surface area (TPSA) is 101 Å². The summed E-state index contributed by atoms with van der Waals surface area (Å²) < 4.78 is 5.04. The molecule has 9 heteroatoms. The van der Waals surface area contributed by atoms with Crippen LogP contribution in [0.1, 0.15) is 35.7 Å². The molecule has 0 bridgehead atoms. The summed E-state index contributed by atoms with van der Waals surface area (Å²) in [6, 6.07) is 5.84. The van der Waals surface area contributed by atoms with E-state index in [-0.39, 0.29) is 17.5 Å². The number of anilines is 2. The van der Waals surface area contributed by atoms with Gasteiger partial charge in [-0.1, -0.05) is 12.1 Å². The Bertz CT molecular complexity index is 1210. The number of hydrogen-bond donors (Lipinski definition) is 0. The maximum absolute atomic E-state index is 13.5. The molecular weight excluding hydrogens is 420 g/mol. The summed E-state index contributed by atoms with van der Waals surface area (Å²) in [5, 5.41) is 0. The summed E-state index contributed by atoms with van der Waals surface area (Å²) in [5.41, 5.74) is 2.70. The van der Waals surface area contributed by atoms with Gasteiger partial charge in [-0.25, -0.2) is 15.0 Å². The van der Waals surface area contributed by atoms with Crippen LogP contribution in [-0.4, -0.2) is 64.0 Å². The van der Waals surface area contributed by atoms with Crippen molar-refractivity contribution in [1.29, 1.82) is 0 Å². The summed E-state index contributed by atoms with van der Waals surface area (Å²) in [6.07, 6.45) is 6.41. The van der Waals surface area contributed by atoms with Crippen LogP contribution in [0.15, 0.2) is 43.0 Å². The predicted octanol–water partition coefficient (Wildman–Crippen LogP) is 2.92. The van der Waals surface area contributed by atoms with Crippen molar-refractivity contribution in [1.82, 2.24) is 24.8 Å². The first-order chi connectivity index (χ1) is 15.7. The molecule has 0 aliphatic carbocycles. The van der Waals surface area contributed by atoms with Gasteiger partial charge in [0, 0.05) is 38.7 Å². The fourth-order valence-electron chi connectivity index (χ4n) is 3.79. The number of amides is 2. The van der Waals surface area contributed by atoms with Gasteiger partial charge in [-0.05, 0) is 38.0 Å². The molecule has 3 aromatic rings. The molecule has 0 unspecified atom stereocenters. The molecule has 0 N–H and O–H groups in total. The Hall–Kier alpha value is -3.72. The molecule has 1 aliphatic heterocycles. The van der Waals surface area contributed by atoms with Gasteiger partial charge in [0.2, 0.25) is 5.91 Å². The van der Waals surface area contributed by atoms with E-state index in [0.29, 0.717) is 30.5 Å². The molecule has 4 rings (SSSR count). The Morgan fingerprint density at radius 3 is 2.55 bits per heavy atom. The fraction of sp³-hybridized carbons (Fsp3) is 0.333. The highest BCUT2D eigenvalue weighted by Gasteiger charge is 2.45. The molecule has 2 amide bonds.